The van der Waals surface area contributed by atoms with Crippen LogP contribution in [0.15, 0.2) is 36.7 Å². The second-order valence-electron chi connectivity index (χ2n) is 4.60. The summed E-state index contributed by atoms with van der Waals surface area (Å²) in [7, 11) is 0. The van der Waals surface area contributed by atoms with Gasteiger partial charge in [0.25, 0.3) is 0 Å². The summed E-state index contributed by atoms with van der Waals surface area (Å²) in [5.74, 6) is 1.48. The molecule has 2 rings (SSSR count). The molecule has 106 valence electrons. The van der Waals surface area contributed by atoms with Crippen molar-refractivity contribution in [3.63, 3.8) is 0 Å². The number of hydrogen-bond acceptors (Lipinski definition) is 4. The van der Waals surface area contributed by atoms with Crippen molar-refractivity contribution in [1.82, 2.24) is 9.97 Å². The average Bonchev–Trinajstić information content (AvgIpc) is 2.49. The third kappa shape index (κ3) is 3.26. The van der Waals surface area contributed by atoms with Crippen LogP contribution < -0.4 is 10.1 Å². The maximum atomic E-state index is 5.51. The van der Waals surface area contributed by atoms with E-state index in [-0.39, 0.29) is 6.04 Å². The summed E-state index contributed by atoms with van der Waals surface area (Å²) in [6.45, 7) is 6.69. The first-order valence-corrected chi connectivity index (χ1v) is 7.02. The molecule has 1 aromatic carbocycles. The number of nitrogens with zero attached hydrogens (tertiary/aromatic N) is 2. The highest BCUT2D eigenvalue weighted by atomic mass is 16.5. The van der Waals surface area contributed by atoms with Crippen molar-refractivity contribution < 1.29 is 4.74 Å². The molecule has 0 spiro atoms. The number of nitrogens with one attached hydrogen (secondary N) is 1. The first kappa shape index (κ1) is 14.3. The predicted octanol–water partition coefficient (Wildman–Crippen LogP) is 3.75. The van der Waals surface area contributed by atoms with Crippen LogP contribution >= 0.6 is 0 Å². The summed E-state index contributed by atoms with van der Waals surface area (Å²) in [4.78, 5) is 8.49. The lowest BCUT2D eigenvalue weighted by Crippen LogP contribution is -2.12. The molecule has 0 aliphatic carbocycles. The molecule has 1 unspecified atom stereocenters. The topological polar surface area (TPSA) is 47.0 Å². The van der Waals surface area contributed by atoms with Gasteiger partial charge < -0.3 is 10.1 Å². The van der Waals surface area contributed by atoms with E-state index in [0.717, 1.165) is 17.8 Å². The van der Waals surface area contributed by atoms with E-state index in [1.807, 2.05) is 19.9 Å². The van der Waals surface area contributed by atoms with Crippen molar-refractivity contribution >= 4 is 5.82 Å². The van der Waals surface area contributed by atoms with Crippen molar-refractivity contribution in [2.45, 2.75) is 33.2 Å². The fourth-order valence-corrected chi connectivity index (χ4v) is 2.13. The van der Waals surface area contributed by atoms with Crippen molar-refractivity contribution in [2.24, 2.45) is 0 Å². The number of benzene rings is 1. The van der Waals surface area contributed by atoms with Crippen molar-refractivity contribution in [3.8, 4) is 5.88 Å². The molecule has 1 N–H and O–H groups in total. The lowest BCUT2D eigenvalue weighted by Gasteiger charge is -2.19. The minimum atomic E-state index is 0.235. The number of rotatable bonds is 6. The number of ether oxygens (including phenoxy) is 1. The predicted molar refractivity (Wildman–Crippen MR) is 81.0 cm³/mol. The standard InChI is InChI=1S/C16H21N3O/c1-4-14(13-9-7-6-8-10-13)19-15-12(3)16(20-5-2)18-11-17-15/h6-11,14H,4-5H2,1-3H3,(H,17,18,19). The SMILES string of the molecule is CCOc1ncnc(NC(CC)c2ccccc2)c1C. The van der Waals surface area contributed by atoms with E-state index in [4.69, 9.17) is 4.74 Å². The van der Waals surface area contributed by atoms with Crippen LogP contribution in [0.3, 0.4) is 0 Å². The highest BCUT2D eigenvalue weighted by Gasteiger charge is 2.13. The molecule has 1 heterocycles. The Morgan fingerprint density at radius 3 is 2.55 bits per heavy atom. The van der Waals surface area contributed by atoms with Crippen LogP contribution in [0.5, 0.6) is 5.88 Å². The maximum absolute atomic E-state index is 5.51. The van der Waals surface area contributed by atoms with Gasteiger partial charge in [0.15, 0.2) is 0 Å². The molecule has 0 saturated carbocycles. The lowest BCUT2D eigenvalue weighted by atomic mass is 10.0. The molecule has 4 heteroatoms. The van der Waals surface area contributed by atoms with Gasteiger partial charge in [-0.15, -0.1) is 0 Å². The number of anilines is 1. The van der Waals surface area contributed by atoms with Crippen LogP contribution in [0.4, 0.5) is 5.82 Å². The summed E-state index contributed by atoms with van der Waals surface area (Å²) >= 11 is 0. The zero-order valence-corrected chi connectivity index (χ0v) is 12.3. The minimum absolute atomic E-state index is 0.235. The minimum Gasteiger partial charge on any atom is -0.478 e. The molecule has 0 radical (unpaired) electrons. The van der Waals surface area contributed by atoms with Gasteiger partial charge in [0.05, 0.1) is 18.2 Å². The summed E-state index contributed by atoms with van der Waals surface area (Å²) < 4.78 is 5.51. The largest absolute Gasteiger partial charge is 0.478 e. The third-order valence-electron chi connectivity index (χ3n) is 3.24. The van der Waals surface area contributed by atoms with E-state index in [9.17, 15) is 0 Å². The first-order valence-electron chi connectivity index (χ1n) is 7.02. The van der Waals surface area contributed by atoms with Gasteiger partial charge in [0.1, 0.15) is 12.1 Å². The summed E-state index contributed by atoms with van der Waals surface area (Å²) in [5, 5.41) is 3.48. The molecular formula is C16H21N3O. The summed E-state index contributed by atoms with van der Waals surface area (Å²) in [5.41, 5.74) is 2.20. The van der Waals surface area contributed by atoms with Crippen molar-refractivity contribution in [3.05, 3.63) is 47.8 Å². The average molecular weight is 271 g/mol. The van der Waals surface area contributed by atoms with Crippen LogP contribution in [-0.4, -0.2) is 16.6 Å². The number of hydrogen-bond donors (Lipinski definition) is 1. The third-order valence-corrected chi connectivity index (χ3v) is 3.24. The van der Waals surface area contributed by atoms with Crippen LogP contribution in [0.2, 0.25) is 0 Å². The summed E-state index contributed by atoms with van der Waals surface area (Å²) in [6, 6.07) is 10.6. The van der Waals surface area contributed by atoms with Crippen LogP contribution in [0.1, 0.15) is 37.4 Å². The van der Waals surface area contributed by atoms with Gasteiger partial charge >= 0.3 is 0 Å². The molecule has 0 bridgehead atoms. The van der Waals surface area contributed by atoms with Gasteiger partial charge in [0.2, 0.25) is 5.88 Å². The molecule has 2 aromatic rings. The molecule has 1 atom stereocenters. The zero-order valence-electron chi connectivity index (χ0n) is 12.3. The van der Waals surface area contributed by atoms with Gasteiger partial charge in [-0.05, 0) is 25.8 Å². The van der Waals surface area contributed by atoms with E-state index < -0.39 is 0 Å². The molecule has 0 fully saturated rings. The highest BCUT2D eigenvalue weighted by molar-refractivity contribution is 5.49. The van der Waals surface area contributed by atoms with Crippen LogP contribution in [-0.2, 0) is 0 Å². The van der Waals surface area contributed by atoms with Gasteiger partial charge in [-0.25, -0.2) is 9.97 Å². The van der Waals surface area contributed by atoms with Gasteiger partial charge in [-0.1, -0.05) is 37.3 Å². The number of aromatic nitrogens is 2. The van der Waals surface area contributed by atoms with E-state index in [0.29, 0.717) is 12.5 Å². The van der Waals surface area contributed by atoms with E-state index in [1.54, 1.807) is 0 Å². The van der Waals surface area contributed by atoms with Gasteiger partial charge in [0, 0.05) is 0 Å². The highest BCUT2D eigenvalue weighted by Crippen LogP contribution is 2.26. The Kier molecular flexibility index (Phi) is 4.93. The van der Waals surface area contributed by atoms with Gasteiger partial charge in [-0.2, -0.15) is 0 Å². The second kappa shape index (κ2) is 6.89. The molecule has 0 aliphatic rings. The van der Waals surface area contributed by atoms with Crippen molar-refractivity contribution in [1.29, 1.82) is 0 Å². The fourth-order valence-electron chi connectivity index (χ4n) is 2.13. The normalized spacial score (nSPS) is 11.9. The Hall–Kier alpha value is -2.10. The zero-order chi connectivity index (χ0) is 14.4. The molecule has 0 saturated heterocycles. The monoisotopic (exact) mass is 271 g/mol. The lowest BCUT2D eigenvalue weighted by molar-refractivity contribution is 0.324. The van der Waals surface area contributed by atoms with Gasteiger partial charge in [-0.3, -0.25) is 0 Å². The molecule has 1 aromatic heterocycles. The Morgan fingerprint density at radius 1 is 1.15 bits per heavy atom. The Balaban J connectivity index is 2.22. The maximum Gasteiger partial charge on any atom is 0.221 e. The Labute approximate surface area is 120 Å². The van der Waals surface area contributed by atoms with Crippen molar-refractivity contribution in [2.75, 3.05) is 11.9 Å². The Bertz CT molecular complexity index is 543. The fraction of sp³-hybridized carbons (Fsp3) is 0.375. The van der Waals surface area contributed by atoms with Crippen LogP contribution in [0, 0.1) is 6.92 Å². The van der Waals surface area contributed by atoms with Crippen LogP contribution in [0.25, 0.3) is 0 Å². The first-order chi connectivity index (χ1) is 9.76. The summed E-state index contributed by atoms with van der Waals surface area (Å²) in [6.07, 6.45) is 2.52. The molecular weight excluding hydrogens is 250 g/mol. The molecule has 20 heavy (non-hydrogen) atoms. The second-order valence-corrected chi connectivity index (χ2v) is 4.60. The molecule has 4 nitrogen and oxygen atoms in total. The van der Waals surface area contributed by atoms with E-state index in [1.165, 1.54) is 11.9 Å². The molecule has 0 amide bonds. The smallest absolute Gasteiger partial charge is 0.221 e. The van der Waals surface area contributed by atoms with E-state index in [2.05, 4.69) is 46.5 Å². The quantitative estimate of drug-likeness (QED) is 0.869. The molecule has 0 aliphatic heterocycles. The Morgan fingerprint density at radius 2 is 1.90 bits per heavy atom. The van der Waals surface area contributed by atoms with E-state index >= 15 is 0 Å².